The quantitative estimate of drug-likeness (QED) is 0.442. The molecular weight excluding hydrogens is 404 g/mol. The summed E-state index contributed by atoms with van der Waals surface area (Å²) in [6, 6.07) is 18.2. The lowest BCUT2D eigenvalue weighted by molar-refractivity contribution is -0.119. The molecule has 0 aliphatic heterocycles. The molecular formula is C21H20N4O4S. The number of methoxy groups -OCH3 is 1. The van der Waals surface area contributed by atoms with E-state index in [4.69, 9.17) is 4.74 Å². The third-order valence-corrected chi connectivity index (χ3v) is 5.84. The fourth-order valence-corrected chi connectivity index (χ4v) is 4.03. The first-order valence-corrected chi connectivity index (χ1v) is 10.4. The van der Waals surface area contributed by atoms with Crippen molar-refractivity contribution in [2.24, 2.45) is 5.10 Å². The molecule has 8 nitrogen and oxygen atoms in total. The molecule has 0 spiro atoms. The molecule has 0 bridgehead atoms. The third kappa shape index (κ3) is 5.21. The summed E-state index contributed by atoms with van der Waals surface area (Å²) in [5, 5.41) is 3.90. The number of hydrazone groups is 1. The highest BCUT2D eigenvalue weighted by Gasteiger charge is 2.27. The number of anilines is 1. The van der Waals surface area contributed by atoms with Gasteiger partial charge in [-0.25, -0.2) is 13.8 Å². The number of nitrogens with zero attached hydrogens (tertiary/aromatic N) is 3. The number of carbonyl (C=O) groups is 1. The minimum absolute atomic E-state index is 0.0709. The Kier molecular flexibility index (Phi) is 6.76. The van der Waals surface area contributed by atoms with Gasteiger partial charge in [-0.2, -0.15) is 5.10 Å². The Morgan fingerprint density at radius 1 is 1.13 bits per heavy atom. The van der Waals surface area contributed by atoms with E-state index < -0.39 is 22.5 Å². The Bertz CT molecular complexity index is 1120. The van der Waals surface area contributed by atoms with Crippen molar-refractivity contribution in [2.75, 3.05) is 18.0 Å². The average molecular weight is 424 g/mol. The summed E-state index contributed by atoms with van der Waals surface area (Å²) in [7, 11) is -2.42. The summed E-state index contributed by atoms with van der Waals surface area (Å²) in [4.78, 5) is 16.5. The number of nitrogens with one attached hydrogen (secondary N) is 1. The van der Waals surface area contributed by atoms with E-state index in [0.717, 1.165) is 9.87 Å². The second-order valence-electron chi connectivity index (χ2n) is 6.11. The van der Waals surface area contributed by atoms with Gasteiger partial charge in [0.15, 0.2) is 0 Å². The Labute approximate surface area is 174 Å². The van der Waals surface area contributed by atoms with Gasteiger partial charge in [0.1, 0.15) is 12.3 Å². The van der Waals surface area contributed by atoms with Gasteiger partial charge in [0, 0.05) is 6.20 Å². The summed E-state index contributed by atoms with van der Waals surface area (Å²) < 4.78 is 32.3. The van der Waals surface area contributed by atoms with Gasteiger partial charge in [-0.3, -0.25) is 14.1 Å². The second-order valence-corrected chi connectivity index (χ2v) is 7.97. The van der Waals surface area contributed by atoms with E-state index in [1.54, 1.807) is 61.7 Å². The lowest BCUT2D eigenvalue weighted by Crippen LogP contribution is -2.39. The summed E-state index contributed by atoms with van der Waals surface area (Å²) in [5.74, 6) is 0.0551. The van der Waals surface area contributed by atoms with Crippen LogP contribution >= 0.6 is 0 Å². The van der Waals surface area contributed by atoms with Gasteiger partial charge in [-0.15, -0.1) is 0 Å². The molecule has 1 N–H and O–H groups in total. The number of hydrogen-bond acceptors (Lipinski definition) is 6. The number of rotatable bonds is 8. The zero-order valence-electron chi connectivity index (χ0n) is 16.2. The normalized spacial score (nSPS) is 11.2. The molecule has 1 amide bonds. The van der Waals surface area contributed by atoms with E-state index in [-0.39, 0.29) is 10.6 Å². The largest absolute Gasteiger partial charge is 0.497 e. The molecule has 0 aliphatic carbocycles. The maximum absolute atomic E-state index is 13.1. The van der Waals surface area contributed by atoms with E-state index in [0.29, 0.717) is 5.75 Å². The summed E-state index contributed by atoms with van der Waals surface area (Å²) in [6.07, 6.45) is 4.35. The predicted molar refractivity (Wildman–Crippen MR) is 114 cm³/mol. The van der Waals surface area contributed by atoms with Crippen LogP contribution in [0.5, 0.6) is 5.75 Å². The second kappa shape index (κ2) is 9.66. The molecule has 0 radical (unpaired) electrons. The number of pyridine rings is 1. The van der Waals surface area contributed by atoms with E-state index >= 15 is 0 Å². The van der Waals surface area contributed by atoms with Crippen LogP contribution in [0, 0.1) is 0 Å². The maximum Gasteiger partial charge on any atom is 0.264 e. The number of carbonyl (C=O) groups excluding carboxylic acids is 1. The number of aromatic nitrogens is 1. The van der Waals surface area contributed by atoms with Crippen molar-refractivity contribution in [3.05, 3.63) is 84.7 Å². The van der Waals surface area contributed by atoms with E-state index in [1.807, 2.05) is 0 Å². The van der Waals surface area contributed by atoms with Crippen molar-refractivity contribution in [3.8, 4) is 5.75 Å². The summed E-state index contributed by atoms with van der Waals surface area (Å²) in [6.45, 7) is -0.460. The fourth-order valence-electron chi connectivity index (χ4n) is 2.60. The van der Waals surface area contributed by atoms with Crippen molar-refractivity contribution in [1.82, 2.24) is 10.4 Å². The van der Waals surface area contributed by atoms with Crippen LogP contribution in [0.3, 0.4) is 0 Å². The van der Waals surface area contributed by atoms with Crippen LogP contribution in [0.15, 0.2) is 89.1 Å². The molecule has 3 aromatic rings. The molecule has 1 heterocycles. The van der Waals surface area contributed by atoms with Gasteiger partial charge < -0.3 is 4.74 Å². The Hall–Kier alpha value is -3.72. The molecule has 0 fully saturated rings. The van der Waals surface area contributed by atoms with Crippen molar-refractivity contribution in [2.45, 2.75) is 4.90 Å². The highest BCUT2D eigenvalue weighted by Crippen LogP contribution is 2.22. The van der Waals surface area contributed by atoms with E-state index in [9.17, 15) is 13.2 Å². The average Bonchev–Trinajstić information content (AvgIpc) is 2.78. The molecule has 2 aromatic carbocycles. The first kappa shape index (κ1) is 21.0. The first-order chi connectivity index (χ1) is 14.5. The van der Waals surface area contributed by atoms with Crippen molar-refractivity contribution >= 4 is 27.8 Å². The van der Waals surface area contributed by atoms with Crippen LogP contribution in [-0.2, 0) is 14.8 Å². The lowest BCUT2D eigenvalue weighted by atomic mass is 10.2. The summed E-state index contributed by atoms with van der Waals surface area (Å²) >= 11 is 0. The van der Waals surface area contributed by atoms with Gasteiger partial charge in [0.05, 0.1) is 30.1 Å². The van der Waals surface area contributed by atoms with E-state index in [1.165, 1.54) is 30.7 Å². The molecule has 9 heteroatoms. The maximum atomic E-state index is 13.1. The Morgan fingerprint density at radius 2 is 1.93 bits per heavy atom. The minimum Gasteiger partial charge on any atom is -0.497 e. The van der Waals surface area contributed by atoms with Crippen LogP contribution in [0.1, 0.15) is 5.56 Å². The highest BCUT2D eigenvalue weighted by atomic mass is 32.2. The monoisotopic (exact) mass is 424 g/mol. The van der Waals surface area contributed by atoms with Crippen molar-refractivity contribution < 1.29 is 17.9 Å². The van der Waals surface area contributed by atoms with E-state index in [2.05, 4.69) is 15.5 Å². The molecule has 0 saturated heterocycles. The van der Waals surface area contributed by atoms with Crippen LogP contribution < -0.4 is 14.5 Å². The van der Waals surface area contributed by atoms with Gasteiger partial charge in [-0.05, 0) is 42.0 Å². The van der Waals surface area contributed by atoms with Crippen molar-refractivity contribution in [3.63, 3.8) is 0 Å². The SMILES string of the molecule is COc1cccc(/C=N\NC(=O)CN(c2cccnc2)S(=O)(=O)c2ccccc2)c1. The number of hydrogen-bond donors (Lipinski definition) is 1. The van der Waals surface area contributed by atoms with Crippen LogP contribution in [0.25, 0.3) is 0 Å². The molecule has 0 unspecified atom stereocenters. The molecule has 154 valence electrons. The molecule has 0 aliphatic rings. The zero-order valence-corrected chi connectivity index (χ0v) is 17.0. The third-order valence-electron chi connectivity index (χ3n) is 4.05. The smallest absolute Gasteiger partial charge is 0.264 e. The highest BCUT2D eigenvalue weighted by molar-refractivity contribution is 7.92. The Balaban J connectivity index is 1.78. The topological polar surface area (TPSA) is 101 Å². The first-order valence-electron chi connectivity index (χ1n) is 8.94. The standard InChI is InChI=1S/C21H20N4O4S/c1-29-19-9-5-7-17(13-19)14-23-24-21(26)16-25(18-8-6-12-22-15-18)30(27,28)20-10-3-2-4-11-20/h2-15H,16H2,1H3,(H,24,26)/b23-14-. The number of ether oxygens (including phenoxy) is 1. The van der Waals surface area contributed by atoms with Gasteiger partial charge >= 0.3 is 0 Å². The number of sulfonamides is 1. The lowest BCUT2D eigenvalue weighted by Gasteiger charge is -2.23. The van der Waals surface area contributed by atoms with Crippen LogP contribution in [-0.4, -0.2) is 39.2 Å². The Morgan fingerprint density at radius 3 is 2.63 bits per heavy atom. The zero-order chi connectivity index (χ0) is 21.4. The van der Waals surface area contributed by atoms with Gasteiger partial charge in [0.2, 0.25) is 0 Å². The molecule has 1 aromatic heterocycles. The minimum atomic E-state index is -3.97. The molecule has 0 atom stereocenters. The molecule has 30 heavy (non-hydrogen) atoms. The fraction of sp³-hybridized carbons (Fsp3) is 0.0952. The number of benzene rings is 2. The molecule has 3 rings (SSSR count). The van der Waals surface area contributed by atoms with Crippen LogP contribution in [0.2, 0.25) is 0 Å². The number of amides is 1. The van der Waals surface area contributed by atoms with Crippen LogP contribution in [0.4, 0.5) is 5.69 Å². The van der Waals surface area contributed by atoms with Gasteiger partial charge in [-0.1, -0.05) is 30.3 Å². The van der Waals surface area contributed by atoms with Gasteiger partial charge in [0.25, 0.3) is 15.9 Å². The predicted octanol–water partition coefficient (Wildman–Crippen LogP) is 2.44. The van der Waals surface area contributed by atoms with Crippen molar-refractivity contribution in [1.29, 1.82) is 0 Å². The summed E-state index contributed by atoms with van der Waals surface area (Å²) in [5.41, 5.74) is 3.35. The molecule has 0 saturated carbocycles.